The minimum absolute atomic E-state index is 0.113. The second-order valence-corrected chi connectivity index (χ2v) is 38.9. The number of aliphatic hydroxyl groups is 4. The number of pyridine rings is 6. The van der Waals surface area contributed by atoms with Crippen LogP contribution in [0.5, 0.6) is 17.2 Å². The summed E-state index contributed by atoms with van der Waals surface area (Å²) in [5.41, 5.74) is 25.9. The number of piperidine rings is 1. The number of likely N-dealkylation sites (tertiary alicyclic amines) is 1. The summed E-state index contributed by atoms with van der Waals surface area (Å²) < 4.78 is 16.1. The number of anilines is 1. The molecule has 5 unspecified atom stereocenters. The average Bonchev–Trinajstić information content (AvgIpc) is 1.62. The Labute approximate surface area is 841 Å². The summed E-state index contributed by atoms with van der Waals surface area (Å²) in [5, 5.41) is 85.3. The van der Waals surface area contributed by atoms with Crippen LogP contribution in [0.3, 0.4) is 0 Å². The lowest BCUT2D eigenvalue weighted by atomic mass is 9.94. The van der Waals surface area contributed by atoms with Crippen LogP contribution in [0.1, 0.15) is 139 Å². The molecule has 0 saturated carbocycles. The molecule has 5 atom stereocenters. The van der Waals surface area contributed by atoms with Crippen LogP contribution in [-0.2, 0) is 0 Å². The molecule has 1 saturated heterocycles. The monoisotopic (exact) mass is 1980 g/mol. The predicted molar refractivity (Wildman–Crippen MR) is 566 cm³/mol. The minimum Gasteiger partial charge on any atom is -0.497 e. The van der Waals surface area contributed by atoms with Crippen molar-refractivity contribution < 1.29 is 34.6 Å². The van der Waals surface area contributed by atoms with Gasteiger partial charge in [-0.1, -0.05) is 109 Å². The van der Waals surface area contributed by atoms with Crippen molar-refractivity contribution in [3.8, 4) is 102 Å². The zero-order chi connectivity index (χ0) is 96.6. The fourth-order valence-electron chi connectivity index (χ4n) is 17.2. The van der Waals surface area contributed by atoms with Crippen LogP contribution < -0.4 is 19.9 Å². The summed E-state index contributed by atoms with van der Waals surface area (Å²) in [5.74, 6) is 4.02. The van der Waals surface area contributed by atoms with Gasteiger partial charge >= 0.3 is 0 Å². The number of methoxy groups -OCH3 is 1. The third-order valence-electron chi connectivity index (χ3n) is 24.2. The zero-order valence-corrected chi connectivity index (χ0v) is 81.0. The molecule has 0 amide bonds. The molecule has 1 fully saturated rings. The van der Waals surface area contributed by atoms with Crippen molar-refractivity contribution in [2.75, 3.05) is 32.7 Å². The first kappa shape index (κ1) is 94.2. The quantitative estimate of drug-likeness (QED) is 0.0313. The Balaban J connectivity index is 0.000000109. The Morgan fingerprint density at radius 3 is 1.33 bits per heavy atom. The number of halogens is 1. The highest BCUT2D eigenvalue weighted by molar-refractivity contribution is 7.20. The molecule has 142 heavy (non-hydrogen) atoms. The molecule has 33 heteroatoms. The van der Waals surface area contributed by atoms with Crippen molar-refractivity contribution in [2.45, 2.75) is 69.0 Å². The highest BCUT2D eigenvalue weighted by Gasteiger charge is 2.33. The van der Waals surface area contributed by atoms with Crippen LogP contribution in [0, 0.1) is 0 Å². The summed E-state index contributed by atoms with van der Waals surface area (Å²) in [6.07, 6.45) is 28.7. The molecule has 27 nitrogen and oxygen atoms in total. The van der Waals surface area contributed by atoms with Gasteiger partial charge in [-0.05, 0) is 250 Å². The Hall–Kier alpha value is -15.4. The van der Waals surface area contributed by atoms with E-state index in [1.54, 1.807) is 151 Å². The largest absolute Gasteiger partial charge is 0.497 e. The number of thiophene rings is 5. The van der Waals surface area contributed by atoms with Gasteiger partial charge in [-0.25, -0.2) is 15.0 Å². The number of nitrogens with zero attached hydrogens (tertiary/aromatic N) is 17. The van der Waals surface area contributed by atoms with Gasteiger partial charge in [0.15, 0.2) is 23.1 Å². The zero-order valence-electron chi connectivity index (χ0n) is 76.1. The van der Waals surface area contributed by atoms with Crippen LogP contribution in [0.15, 0.2) is 348 Å². The van der Waals surface area contributed by atoms with Crippen molar-refractivity contribution in [3.05, 3.63) is 393 Å². The van der Waals surface area contributed by atoms with E-state index in [2.05, 4.69) is 132 Å². The van der Waals surface area contributed by atoms with Crippen molar-refractivity contribution in [3.63, 3.8) is 0 Å². The number of aliphatic hydroxyl groups excluding tert-OH is 4. The number of H-pyrrole nitrogens is 2. The van der Waals surface area contributed by atoms with E-state index in [0.717, 1.165) is 184 Å². The van der Waals surface area contributed by atoms with Gasteiger partial charge < -0.3 is 40.4 Å². The van der Waals surface area contributed by atoms with Gasteiger partial charge in [0.1, 0.15) is 48.6 Å². The summed E-state index contributed by atoms with van der Waals surface area (Å²) in [6, 6.07) is 79.2. The van der Waals surface area contributed by atoms with E-state index in [0.29, 0.717) is 48.2 Å². The number of hydrogen-bond acceptors (Lipinski definition) is 30. The number of rotatable bonds is 23. The number of benzene rings is 6. The number of aromatic nitrogens is 12. The molecule has 0 bridgehead atoms. The van der Waals surface area contributed by atoms with E-state index in [-0.39, 0.29) is 12.8 Å². The Morgan fingerprint density at radius 2 is 0.817 bits per heavy atom. The molecule has 704 valence electrons. The molecule has 18 heterocycles. The van der Waals surface area contributed by atoms with Crippen molar-refractivity contribution >= 4 is 121 Å². The molecular weight excluding hydrogens is 1900 g/mol. The number of nitrogens with two attached hydrogens (primary N) is 1. The fourth-order valence-corrected chi connectivity index (χ4v) is 23.1. The number of nitrogen functional groups attached to an aromatic ring is 1. The number of fused-ring (bicyclic) bond motifs is 2. The second kappa shape index (κ2) is 44.4. The highest BCUT2D eigenvalue weighted by atomic mass is 35.5. The van der Waals surface area contributed by atoms with E-state index in [1.165, 1.54) is 36.7 Å². The Morgan fingerprint density at radius 1 is 0.373 bits per heavy atom. The van der Waals surface area contributed by atoms with Crippen LogP contribution in [0.25, 0.3) is 95.6 Å². The maximum absolute atomic E-state index is 11.4. The van der Waals surface area contributed by atoms with Crippen LogP contribution in [0.2, 0.25) is 5.02 Å². The third kappa shape index (κ3) is 21.6. The van der Waals surface area contributed by atoms with Gasteiger partial charge in [-0.3, -0.25) is 40.0 Å². The average molecular weight is 1990 g/mol. The van der Waals surface area contributed by atoms with Gasteiger partial charge in [0, 0.05) is 157 Å². The molecule has 6 aromatic carbocycles. The molecular formula is C109H89ClN20O7S5. The molecule has 0 aliphatic carbocycles. The SMILES string of the molecule is COc1cccc(C(O)c2cc(-c3ccncc3)sc2C2=NN=CC2)c1.Nc1cc(-c2cc(C(c3ccc(Cl)cc3)N3CCCCC3)c(-c3ncn[nH]3)s2)ccn1.OC(c1ccc2c(c1)OCO2)c1cc(-c2ccncc2)sc1C1=NN=CC1.OC(c1ccc2ncccc2c1)c1cc(-c2ccccc2)sc1-c1ncn[nH]1.OC(c1cccc(-c2ccncc2)c1)c1cc(-c2ccncc2)sc1C1=NN=CC1. The first-order valence-corrected chi connectivity index (χ1v) is 50.0. The molecule has 5 aliphatic heterocycles. The summed E-state index contributed by atoms with van der Waals surface area (Å²) in [6.45, 7) is 2.34. The second-order valence-electron chi connectivity index (χ2n) is 33.2. The van der Waals surface area contributed by atoms with Gasteiger partial charge in [-0.2, -0.15) is 40.8 Å². The topological polar surface area (TPSA) is 373 Å². The van der Waals surface area contributed by atoms with Gasteiger partial charge in [-0.15, -0.1) is 56.7 Å². The minimum atomic E-state index is -0.801. The smallest absolute Gasteiger partial charge is 0.231 e. The van der Waals surface area contributed by atoms with Crippen LogP contribution in [0.4, 0.5) is 5.82 Å². The molecule has 13 aromatic heterocycles. The summed E-state index contributed by atoms with van der Waals surface area (Å²) in [7, 11) is 1.62. The van der Waals surface area contributed by atoms with E-state index in [1.807, 2.05) is 206 Å². The summed E-state index contributed by atoms with van der Waals surface area (Å²) in [4.78, 5) is 46.4. The van der Waals surface area contributed by atoms with Crippen LogP contribution >= 0.6 is 68.3 Å². The predicted octanol–water partition coefficient (Wildman–Crippen LogP) is 23.2. The maximum atomic E-state index is 11.4. The molecule has 8 N–H and O–H groups in total. The first-order chi connectivity index (χ1) is 69.8. The molecule has 5 aliphatic rings. The fraction of sp³-hybridized carbons (Fsp3) is 0.138. The number of aromatic amines is 2. The first-order valence-electron chi connectivity index (χ1n) is 45.6. The van der Waals surface area contributed by atoms with E-state index >= 15 is 0 Å². The van der Waals surface area contributed by atoms with Crippen molar-refractivity contribution in [1.82, 2.24) is 65.2 Å². The van der Waals surface area contributed by atoms with Gasteiger partial charge in [0.05, 0.1) is 60.2 Å². The van der Waals surface area contributed by atoms with E-state index in [9.17, 15) is 20.4 Å². The lowest BCUT2D eigenvalue weighted by Crippen LogP contribution is -2.34. The highest BCUT2D eigenvalue weighted by Crippen LogP contribution is 2.49. The molecule has 24 rings (SSSR count). The normalized spacial score (nSPS) is 14.5. The molecule has 0 spiro atoms. The molecule has 0 radical (unpaired) electrons. The number of hydrogen-bond donors (Lipinski definition) is 7. The van der Waals surface area contributed by atoms with Crippen molar-refractivity contribution in [2.24, 2.45) is 30.6 Å². The van der Waals surface area contributed by atoms with Gasteiger partial charge in [0.25, 0.3) is 0 Å². The Kier molecular flexibility index (Phi) is 29.4. The third-order valence-corrected chi connectivity index (χ3v) is 30.6. The summed E-state index contributed by atoms with van der Waals surface area (Å²) >= 11 is 14.3. The van der Waals surface area contributed by atoms with Crippen LogP contribution in [-0.4, -0.2) is 148 Å². The van der Waals surface area contributed by atoms with Gasteiger partial charge in [0.2, 0.25) is 6.79 Å². The lowest BCUT2D eigenvalue weighted by molar-refractivity contribution is 0.173. The number of nitrogens with one attached hydrogen (secondary N) is 2. The lowest BCUT2D eigenvalue weighted by Gasteiger charge is -2.35. The maximum Gasteiger partial charge on any atom is 0.231 e. The van der Waals surface area contributed by atoms with E-state index in [4.69, 9.17) is 31.5 Å². The van der Waals surface area contributed by atoms with Crippen molar-refractivity contribution in [1.29, 1.82) is 0 Å². The standard InChI is InChI=1S/C24H18N4OS.C23H23ClN6S.C22H16N4OS.C20H15N3O3S.C20H17N3O2S/c29-23(19-3-1-2-18(14-19)16-4-9-25-10-5-16)20-15-22(17-6-11-26-12-7-17)30-24(20)21-8-13-27-28-21;24-17-6-4-15(5-7-17)21(30-10-2-1-3-11-30)18-13-19(16-8-9-26-20(25)12-16)31-22(18)23-27-14-28-29-23;27-20(16-8-9-18-15(11-16)7-4-10-23-18)17-12-19(14-5-2-1-3-6-14)28-21(17)22-24-13-25-26-22;24-19(13-1-2-16-17(9-13)26-11-25-16)14-10-18(12-3-6-21-7-4-12)27-20(14)15-5-8-22-23-15;1-25-15-4-2-3-14(11-15)19(24)16-12-18(13-5-8-21-9-6-13)26-20(16)17-7-10-22-23-17/h1-7,9-15,23,29H,8H2;4-9,12-14,21H,1-3,10-11H2,(H2,25,26)(H,27,28,29);1-13,20,27H,(H,24,25,26);1-4,6-10,19,24H,5,11H2;2-6,8-12,19,24H,7H2,1H3. The van der Waals surface area contributed by atoms with E-state index < -0.39 is 24.4 Å². The number of ether oxygens (including phenoxy) is 3. The Bertz CT molecular complexity index is 7770. The molecule has 19 aromatic rings.